The van der Waals surface area contributed by atoms with E-state index in [1.807, 2.05) is 35.7 Å². The fourth-order valence-electron chi connectivity index (χ4n) is 1.98. The van der Waals surface area contributed by atoms with E-state index in [0.717, 1.165) is 10.4 Å². The lowest BCUT2D eigenvalue weighted by atomic mass is 10.1. The summed E-state index contributed by atoms with van der Waals surface area (Å²) in [6.45, 7) is 0.165. The second-order valence-corrected chi connectivity index (χ2v) is 5.70. The third-order valence-corrected chi connectivity index (χ3v) is 3.90. The number of rotatable bonds is 6. The van der Waals surface area contributed by atoms with Gasteiger partial charge in [-0.1, -0.05) is 24.3 Å². The molecule has 0 aliphatic heterocycles. The number of anilines is 1. The molecule has 0 aliphatic rings. The van der Waals surface area contributed by atoms with E-state index >= 15 is 0 Å². The number of amides is 2. The first-order chi connectivity index (χ1) is 10.1. The van der Waals surface area contributed by atoms with Gasteiger partial charge in [0.05, 0.1) is 13.0 Å². The summed E-state index contributed by atoms with van der Waals surface area (Å²) in [5.74, 6) is -0.677. The lowest BCUT2D eigenvalue weighted by molar-refractivity contribution is -0.135. The van der Waals surface area contributed by atoms with Gasteiger partial charge in [-0.2, -0.15) is 0 Å². The van der Waals surface area contributed by atoms with Gasteiger partial charge in [-0.15, -0.1) is 11.3 Å². The lowest BCUT2D eigenvalue weighted by Crippen LogP contribution is -2.38. The van der Waals surface area contributed by atoms with Crippen molar-refractivity contribution in [2.45, 2.75) is 13.0 Å². The first kappa shape index (κ1) is 15.1. The third-order valence-electron chi connectivity index (χ3n) is 3.02. The van der Waals surface area contributed by atoms with Crippen LogP contribution in [0.5, 0.6) is 0 Å². The topological polar surface area (TPSA) is 89.4 Å². The minimum absolute atomic E-state index is 0.113. The number of nitrogens with two attached hydrogens (primary N) is 2. The molecular weight excluding hydrogens is 286 g/mol. The van der Waals surface area contributed by atoms with Crippen LogP contribution in [0.3, 0.4) is 0 Å². The maximum Gasteiger partial charge on any atom is 0.237 e. The zero-order chi connectivity index (χ0) is 15.2. The number of thiophene rings is 1. The molecule has 0 radical (unpaired) electrons. The Hall–Kier alpha value is -2.34. The van der Waals surface area contributed by atoms with Crippen LogP contribution in [0, 0.1) is 0 Å². The molecule has 0 aliphatic carbocycles. The Balaban J connectivity index is 2.12. The summed E-state index contributed by atoms with van der Waals surface area (Å²) in [5, 5.41) is 1.91. The minimum atomic E-state index is -0.538. The van der Waals surface area contributed by atoms with Crippen LogP contribution in [0.15, 0.2) is 41.8 Å². The summed E-state index contributed by atoms with van der Waals surface area (Å²) in [4.78, 5) is 25.9. The molecule has 1 heterocycles. The predicted octanol–water partition coefficient (Wildman–Crippen LogP) is 1.39. The highest BCUT2D eigenvalue weighted by Gasteiger charge is 2.18. The van der Waals surface area contributed by atoms with Crippen molar-refractivity contribution in [3.8, 4) is 0 Å². The molecule has 2 amide bonds. The molecule has 0 fully saturated rings. The highest BCUT2D eigenvalue weighted by atomic mass is 32.1. The largest absolute Gasteiger partial charge is 0.398 e. The predicted molar refractivity (Wildman–Crippen MR) is 83.5 cm³/mol. The van der Waals surface area contributed by atoms with Gasteiger partial charge in [-0.25, -0.2) is 0 Å². The van der Waals surface area contributed by atoms with Gasteiger partial charge in [0, 0.05) is 17.1 Å². The van der Waals surface area contributed by atoms with Crippen LogP contribution >= 0.6 is 11.3 Å². The van der Waals surface area contributed by atoms with Crippen molar-refractivity contribution in [1.82, 2.24) is 4.90 Å². The molecule has 1 aromatic carbocycles. The second kappa shape index (κ2) is 6.90. The zero-order valence-corrected chi connectivity index (χ0v) is 12.3. The smallest absolute Gasteiger partial charge is 0.237 e. The van der Waals surface area contributed by atoms with Gasteiger partial charge >= 0.3 is 0 Å². The summed E-state index contributed by atoms with van der Waals surface area (Å²) in [5.41, 5.74) is 12.5. The third kappa shape index (κ3) is 4.32. The maximum absolute atomic E-state index is 12.3. The average Bonchev–Trinajstić information content (AvgIpc) is 2.92. The minimum Gasteiger partial charge on any atom is -0.398 e. The maximum atomic E-state index is 12.3. The Labute approximate surface area is 127 Å². The van der Waals surface area contributed by atoms with Crippen molar-refractivity contribution in [2.24, 2.45) is 5.73 Å². The van der Waals surface area contributed by atoms with Gasteiger partial charge in [0.2, 0.25) is 11.8 Å². The SMILES string of the molecule is NC(=O)CN(Cc1ccccc1N)C(=O)Cc1cccs1. The van der Waals surface area contributed by atoms with Crippen molar-refractivity contribution < 1.29 is 9.59 Å². The lowest BCUT2D eigenvalue weighted by Gasteiger charge is -2.22. The number of primary amides is 1. The highest BCUT2D eigenvalue weighted by Crippen LogP contribution is 2.16. The van der Waals surface area contributed by atoms with Gasteiger partial charge in [-0.3, -0.25) is 9.59 Å². The molecule has 21 heavy (non-hydrogen) atoms. The molecule has 2 rings (SSSR count). The van der Waals surface area contributed by atoms with E-state index in [4.69, 9.17) is 11.5 Å². The van der Waals surface area contributed by atoms with Crippen molar-refractivity contribution in [3.05, 3.63) is 52.2 Å². The fraction of sp³-hybridized carbons (Fsp3) is 0.200. The van der Waals surface area contributed by atoms with Crippen LogP contribution in [-0.4, -0.2) is 23.3 Å². The summed E-state index contributed by atoms with van der Waals surface area (Å²) >= 11 is 1.51. The van der Waals surface area contributed by atoms with E-state index < -0.39 is 5.91 Å². The van der Waals surface area contributed by atoms with E-state index in [1.54, 1.807) is 6.07 Å². The average molecular weight is 303 g/mol. The summed E-state index contributed by atoms with van der Waals surface area (Å²) in [6, 6.07) is 11.1. The van der Waals surface area contributed by atoms with Gasteiger partial charge in [0.1, 0.15) is 0 Å². The molecular formula is C15H17N3O2S. The number of nitrogen functional groups attached to an aromatic ring is 1. The molecule has 0 saturated heterocycles. The first-order valence-electron chi connectivity index (χ1n) is 6.48. The van der Waals surface area contributed by atoms with Gasteiger partial charge < -0.3 is 16.4 Å². The second-order valence-electron chi connectivity index (χ2n) is 4.67. The van der Waals surface area contributed by atoms with E-state index in [-0.39, 0.29) is 25.4 Å². The van der Waals surface area contributed by atoms with E-state index in [2.05, 4.69) is 0 Å². The highest BCUT2D eigenvalue weighted by molar-refractivity contribution is 7.10. The summed E-state index contributed by atoms with van der Waals surface area (Å²) < 4.78 is 0. The number of hydrogen-bond donors (Lipinski definition) is 2. The number of hydrogen-bond acceptors (Lipinski definition) is 4. The van der Waals surface area contributed by atoms with Crippen molar-refractivity contribution >= 4 is 28.8 Å². The number of carbonyl (C=O) groups excluding carboxylic acids is 2. The normalized spacial score (nSPS) is 10.3. The Morgan fingerprint density at radius 1 is 1.14 bits per heavy atom. The number of para-hydroxylation sites is 1. The number of benzene rings is 1. The van der Waals surface area contributed by atoms with E-state index in [0.29, 0.717) is 5.69 Å². The van der Waals surface area contributed by atoms with E-state index in [9.17, 15) is 9.59 Å². The molecule has 6 heteroatoms. The monoisotopic (exact) mass is 303 g/mol. The molecule has 0 bridgehead atoms. The molecule has 110 valence electrons. The molecule has 4 N–H and O–H groups in total. The molecule has 0 saturated carbocycles. The fourth-order valence-corrected chi connectivity index (χ4v) is 2.67. The zero-order valence-electron chi connectivity index (χ0n) is 11.5. The molecule has 0 atom stereocenters. The van der Waals surface area contributed by atoms with Crippen LogP contribution in [0.4, 0.5) is 5.69 Å². The van der Waals surface area contributed by atoms with Gasteiger partial charge in [0.25, 0.3) is 0 Å². The number of carbonyl (C=O) groups is 2. The summed E-state index contributed by atoms with van der Waals surface area (Å²) in [7, 11) is 0. The van der Waals surface area contributed by atoms with Crippen LogP contribution in [0.25, 0.3) is 0 Å². The quantitative estimate of drug-likeness (QED) is 0.790. The van der Waals surface area contributed by atoms with Gasteiger partial charge in [-0.05, 0) is 23.1 Å². The van der Waals surface area contributed by atoms with Crippen molar-refractivity contribution in [3.63, 3.8) is 0 Å². The Kier molecular flexibility index (Phi) is 4.94. The van der Waals surface area contributed by atoms with Gasteiger partial charge in [0.15, 0.2) is 0 Å². The molecule has 2 aromatic rings. The number of nitrogens with zero attached hydrogens (tertiary/aromatic N) is 1. The first-order valence-corrected chi connectivity index (χ1v) is 7.36. The molecule has 0 spiro atoms. The Bertz CT molecular complexity index is 626. The van der Waals surface area contributed by atoms with E-state index in [1.165, 1.54) is 16.2 Å². The molecule has 5 nitrogen and oxygen atoms in total. The van der Waals surface area contributed by atoms with Crippen molar-refractivity contribution in [2.75, 3.05) is 12.3 Å². The summed E-state index contributed by atoms with van der Waals surface area (Å²) in [6.07, 6.45) is 0.262. The van der Waals surface area contributed by atoms with Crippen LogP contribution in [-0.2, 0) is 22.6 Å². The molecule has 1 aromatic heterocycles. The Morgan fingerprint density at radius 3 is 2.52 bits per heavy atom. The van der Waals surface area contributed by atoms with Crippen molar-refractivity contribution in [1.29, 1.82) is 0 Å². The van der Waals surface area contributed by atoms with Crippen LogP contribution in [0.2, 0.25) is 0 Å². The Morgan fingerprint density at radius 2 is 1.90 bits per heavy atom. The molecule has 0 unspecified atom stereocenters. The van der Waals surface area contributed by atoms with Crippen LogP contribution < -0.4 is 11.5 Å². The standard InChI is InChI=1S/C15H17N3O2S/c16-13-6-2-1-4-11(13)9-18(10-14(17)19)15(20)8-12-5-3-7-21-12/h1-7H,8-10,16H2,(H2,17,19). The van der Waals surface area contributed by atoms with Crippen LogP contribution in [0.1, 0.15) is 10.4 Å².